The minimum Gasteiger partial charge on any atom is -0.476 e. The summed E-state index contributed by atoms with van der Waals surface area (Å²) in [4.78, 5) is 4.33. The summed E-state index contributed by atoms with van der Waals surface area (Å²) in [5.74, 6) is 1.23. The maximum atomic E-state index is 5.79. The highest BCUT2D eigenvalue weighted by Gasteiger charge is 2.04. The molecule has 0 atom stereocenters. The summed E-state index contributed by atoms with van der Waals surface area (Å²) >= 11 is 1.63. The van der Waals surface area contributed by atoms with Crippen LogP contribution in [-0.4, -0.2) is 11.6 Å². The van der Waals surface area contributed by atoms with Gasteiger partial charge in [0.15, 0.2) is 0 Å². The SMILES string of the molecule is CCCOc1nc(Nc2ccsc2)ccc1N. The van der Waals surface area contributed by atoms with E-state index in [1.54, 1.807) is 17.4 Å². The van der Waals surface area contributed by atoms with Crippen LogP contribution in [-0.2, 0) is 0 Å². The van der Waals surface area contributed by atoms with Gasteiger partial charge in [0.2, 0.25) is 5.88 Å². The van der Waals surface area contributed by atoms with Gasteiger partial charge in [-0.2, -0.15) is 16.3 Å². The Hall–Kier alpha value is -1.75. The van der Waals surface area contributed by atoms with E-state index < -0.39 is 0 Å². The maximum absolute atomic E-state index is 5.79. The van der Waals surface area contributed by atoms with E-state index in [4.69, 9.17) is 10.5 Å². The van der Waals surface area contributed by atoms with Crippen LogP contribution in [0.3, 0.4) is 0 Å². The zero-order valence-electron chi connectivity index (χ0n) is 9.64. The van der Waals surface area contributed by atoms with Crippen molar-refractivity contribution in [3.63, 3.8) is 0 Å². The first-order valence-electron chi connectivity index (χ1n) is 5.48. The second-order valence-corrected chi connectivity index (χ2v) is 4.36. The topological polar surface area (TPSA) is 60.2 Å². The van der Waals surface area contributed by atoms with Gasteiger partial charge < -0.3 is 15.8 Å². The van der Waals surface area contributed by atoms with Gasteiger partial charge in [0, 0.05) is 5.38 Å². The summed E-state index contributed by atoms with van der Waals surface area (Å²) in [6.07, 6.45) is 0.934. The van der Waals surface area contributed by atoms with Gasteiger partial charge in [-0.05, 0) is 30.0 Å². The number of nitrogens with zero attached hydrogens (tertiary/aromatic N) is 1. The van der Waals surface area contributed by atoms with Crippen LogP contribution < -0.4 is 15.8 Å². The smallest absolute Gasteiger partial charge is 0.239 e. The van der Waals surface area contributed by atoms with Gasteiger partial charge in [-0.25, -0.2) is 0 Å². The van der Waals surface area contributed by atoms with Crippen molar-refractivity contribution < 1.29 is 4.74 Å². The van der Waals surface area contributed by atoms with Crippen LogP contribution in [0.5, 0.6) is 5.88 Å². The normalized spacial score (nSPS) is 10.2. The second kappa shape index (κ2) is 5.54. The molecule has 5 heteroatoms. The minimum atomic E-state index is 0.493. The minimum absolute atomic E-state index is 0.493. The Morgan fingerprint density at radius 1 is 1.41 bits per heavy atom. The first kappa shape index (κ1) is 11.7. The average molecular weight is 249 g/mol. The quantitative estimate of drug-likeness (QED) is 0.854. The Balaban J connectivity index is 2.13. The Labute approximate surface area is 104 Å². The first-order chi connectivity index (χ1) is 8.29. The number of hydrogen-bond acceptors (Lipinski definition) is 5. The van der Waals surface area contributed by atoms with E-state index in [2.05, 4.69) is 10.3 Å². The van der Waals surface area contributed by atoms with Gasteiger partial charge in [0.1, 0.15) is 5.82 Å². The third kappa shape index (κ3) is 3.10. The van der Waals surface area contributed by atoms with Crippen LogP contribution in [0.25, 0.3) is 0 Å². The monoisotopic (exact) mass is 249 g/mol. The molecule has 17 heavy (non-hydrogen) atoms. The molecule has 2 heterocycles. The highest BCUT2D eigenvalue weighted by atomic mass is 32.1. The summed E-state index contributed by atoms with van der Waals surface area (Å²) in [6, 6.07) is 5.63. The van der Waals surface area contributed by atoms with Crippen molar-refractivity contribution in [2.75, 3.05) is 17.7 Å². The van der Waals surface area contributed by atoms with E-state index in [9.17, 15) is 0 Å². The number of nitrogens with two attached hydrogens (primary N) is 1. The van der Waals surface area contributed by atoms with E-state index in [0.717, 1.165) is 17.9 Å². The Morgan fingerprint density at radius 3 is 3.00 bits per heavy atom. The van der Waals surface area contributed by atoms with Gasteiger partial charge in [0.05, 0.1) is 18.0 Å². The van der Waals surface area contributed by atoms with E-state index in [1.165, 1.54) is 0 Å². The zero-order valence-corrected chi connectivity index (χ0v) is 10.5. The molecule has 3 N–H and O–H groups in total. The highest BCUT2D eigenvalue weighted by Crippen LogP contribution is 2.24. The molecule has 0 aliphatic heterocycles. The lowest BCUT2D eigenvalue weighted by molar-refractivity contribution is 0.307. The van der Waals surface area contributed by atoms with Crippen LogP contribution in [0, 0.1) is 0 Å². The lowest BCUT2D eigenvalue weighted by Crippen LogP contribution is -2.03. The summed E-state index contributed by atoms with van der Waals surface area (Å²) in [5.41, 5.74) is 7.38. The molecule has 0 bridgehead atoms. The molecular weight excluding hydrogens is 234 g/mol. The molecule has 0 amide bonds. The van der Waals surface area contributed by atoms with Crippen molar-refractivity contribution in [3.8, 4) is 5.88 Å². The van der Waals surface area contributed by atoms with Gasteiger partial charge >= 0.3 is 0 Å². The number of hydrogen-bond donors (Lipinski definition) is 2. The van der Waals surface area contributed by atoms with E-state index in [1.807, 2.05) is 29.8 Å². The highest BCUT2D eigenvalue weighted by molar-refractivity contribution is 7.08. The van der Waals surface area contributed by atoms with Gasteiger partial charge in [0.25, 0.3) is 0 Å². The predicted octanol–water partition coefficient (Wildman–Crippen LogP) is 3.26. The van der Waals surface area contributed by atoms with Crippen molar-refractivity contribution in [3.05, 3.63) is 29.0 Å². The molecule has 0 unspecified atom stereocenters. The molecule has 0 fully saturated rings. The summed E-state index contributed by atoms with van der Waals surface area (Å²) in [5, 5.41) is 7.22. The summed E-state index contributed by atoms with van der Waals surface area (Å²) < 4.78 is 5.47. The predicted molar refractivity (Wildman–Crippen MR) is 72.0 cm³/mol. The molecule has 0 aliphatic carbocycles. The molecule has 0 aliphatic rings. The molecule has 0 saturated carbocycles. The molecule has 0 aromatic carbocycles. The van der Waals surface area contributed by atoms with Crippen LogP contribution in [0.2, 0.25) is 0 Å². The lowest BCUT2D eigenvalue weighted by atomic mass is 10.4. The number of nitrogens with one attached hydrogen (secondary N) is 1. The number of nitrogen functional groups attached to an aromatic ring is 1. The van der Waals surface area contributed by atoms with Crippen molar-refractivity contribution >= 4 is 28.5 Å². The number of ether oxygens (including phenoxy) is 1. The Bertz CT molecular complexity index is 471. The maximum Gasteiger partial charge on any atom is 0.239 e. The largest absolute Gasteiger partial charge is 0.476 e. The number of aromatic nitrogens is 1. The van der Waals surface area contributed by atoms with E-state index in [0.29, 0.717) is 18.2 Å². The Kier molecular flexibility index (Phi) is 3.82. The Morgan fingerprint density at radius 2 is 2.29 bits per heavy atom. The number of rotatable bonds is 5. The molecular formula is C12H15N3OS. The van der Waals surface area contributed by atoms with Crippen molar-refractivity contribution in [1.82, 2.24) is 4.98 Å². The second-order valence-electron chi connectivity index (χ2n) is 3.58. The van der Waals surface area contributed by atoms with Crippen LogP contribution in [0.4, 0.5) is 17.2 Å². The number of thiophene rings is 1. The molecule has 2 rings (SSSR count). The lowest BCUT2D eigenvalue weighted by Gasteiger charge is -2.09. The van der Waals surface area contributed by atoms with Gasteiger partial charge in [-0.1, -0.05) is 6.92 Å². The molecule has 90 valence electrons. The van der Waals surface area contributed by atoms with Crippen molar-refractivity contribution in [2.45, 2.75) is 13.3 Å². The van der Waals surface area contributed by atoms with Crippen molar-refractivity contribution in [2.24, 2.45) is 0 Å². The molecule has 0 spiro atoms. The molecule has 0 radical (unpaired) electrons. The molecule has 2 aromatic heterocycles. The van der Waals surface area contributed by atoms with Crippen LogP contribution >= 0.6 is 11.3 Å². The third-order valence-corrected chi connectivity index (χ3v) is 2.81. The van der Waals surface area contributed by atoms with Crippen molar-refractivity contribution in [1.29, 1.82) is 0 Å². The van der Waals surface area contributed by atoms with E-state index in [-0.39, 0.29) is 0 Å². The fourth-order valence-corrected chi connectivity index (χ4v) is 1.91. The summed E-state index contributed by atoms with van der Waals surface area (Å²) in [6.45, 7) is 2.67. The molecule has 2 aromatic rings. The fourth-order valence-electron chi connectivity index (χ4n) is 1.32. The summed E-state index contributed by atoms with van der Waals surface area (Å²) in [7, 11) is 0. The molecule has 0 saturated heterocycles. The molecule has 4 nitrogen and oxygen atoms in total. The van der Waals surface area contributed by atoms with Gasteiger partial charge in [-0.3, -0.25) is 0 Å². The standard InChI is InChI=1S/C12H15N3OS/c1-2-6-16-12-10(13)3-4-11(15-12)14-9-5-7-17-8-9/h3-5,7-8H,2,6,13H2,1H3,(H,14,15). The zero-order chi connectivity index (χ0) is 12.1. The average Bonchev–Trinajstić information content (AvgIpc) is 2.82. The van der Waals surface area contributed by atoms with E-state index >= 15 is 0 Å². The number of anilines is 3. The first-order valence-corrected chi connectivity index (χ1v) is 6.42. The number of pyridine rings is 1. The van der Waals surface area contributed by atoms with Gasteiger partial charge in [-0.15, -0.1) is 0 Å². The van der Waals surface area contributed by atoms with Crippen LogP contribution in [0.1, 0.15) is 13.3 Å². The van der Waals surface area contributed by atoms with Crippen LogP contribution in [0.15, 0.2) is 29.0 Å². The fraction of sp³-hybridized carbons (Fsp3) is 0.250. The third-order valence-electron chi connectivity index (χ3n) is 2.13.